The Bertz CT molecular complexity index is 512. The van der Waals surface area contributed by atoms with E-state index in [1.807, 2.05) is 6.92 Å². The van der Waals surface area contributed by atoms with Gasteiger partial charge in [0.05, 0.1) is 5.56 Å². The largest absolute Gasteiger partial charge is 0.368 e. The molecule has 5 heteroatoms. The number of halogens is 1. The molecule has 1 fully saturated rings. The number of aromatic nitrogens is 1. The topological polar surface area (TPSA) is 54.0 Å². The number of nitrogens with zero attached hydrogens (tertiary/aromatic N) is 1. The van der Waals surface area contributed by atoms with Crippen LogP contribution in [-0.4, -0.2) is 24.0 Å². The van der Waals surface area contributed by atoms with Crippen molar-refractivity contribution in [2.75, 3.05) is 18.4 Å². The van der Waals surface area contributed by atoms with Gasteiger partial charge >= 0.3 is 0 Å². The van der Waals surface area contributed by atoms with Crippen LogP contribution >= 0.6 is 0 Å². The van der Waals surface area contributed by atoms with E-state index in [0.717, 1.165) is 19.3 Å². The zero-order valence-electron chi connectivity index (χ0n) is 13.0. The summed E-state index contributed by atoms with van der Waals surface area (Å²) in [5, 5.41) is 5.77. The van der Waals surface area contributed by atoms with E-state index in [-0.39, 0.29) is 22.7 Å². The molecule has 116 valence electrons. The van der Waals surface area contributed by atoms with E-state index in [4.69, 9.17) is 0 Å². The molecule has 1 aromatic heterocycles. The number of rotatable bonds is 7. The molecule has 2 N–H and O–H groups in total. The standard InChI is InChI=1S/C16H24FN3O/c1-4-8-18-14-13(17)12(5-9-19-14)15(21)20-10-16(6-7-16)11(2)3/h5,9,11H,4,6-8,10H2,1-3H3,(H,18,19)(H,20,21). The minimum atomic E-state index is -0.571. The highest BCUT2D eigenvalue weighted by Crippen LogP contribution is 2.51. The van der Waals surface area contributed by atoms with Crippen LogP contribution in [0.25, 0.3) is 0 Å². The smallest absolute Gasteiger partial charge is 0.254 e. The zero-order valence-corrected chi connectivity index (χ0v) is 13.0. The fraction of sp³-hybridized carbons (Fsp3) is 0.625. The molecule has 4 nitrogen and oxygen atoms in total. The van der Waals surface area contributed by atoms with Gasteiger partial charge in [-0.3, -0.25) is 4.79 Å². The fourth-order valence-corrected chi connectivity index (χ4v) is 2.46. The number of anilines is 1. The summed E-state index contributed by atoms with van der Waals surface area (Å²) in [7, 11) is 0. The first-order valence-electron chi connectivity index (χ1n) is 7.67. The van der Waals surface area contributed by atoms with Crippen molar-refractivity contribution in [2.24, 2.45) is 11.3 Å². The van der Waals surface area contributed by atoms with Gasteiger partial charge in [0, 0.05) is 19.3 Å². The van der Waals surface area contributed by atoms with Gasteiger partial charge in [-0.1, -0.05) is 20.8 Å². The molecule has 21 heavy (non-hydrogen) atoms. The third kappa shape index (κ3) is 3.52. The second-order valence-electron chi connectivity index (χ2n) is 6.15. The normalized spacial score (nSPS) is 15.9. The van der Waals surface area contributed by atoms with Gasteiger partial charge in [-0.25, -0.2) is 9.37 Å². The first-order chi connectivity index (χ1) is 10.00. The second kappa shape index (κ2) is 6.41. The highest BCUT2D eigenvalue weighted by atomic mass is 19.1. The highest BCUT2D eigenvalue weighted by Gasteiger charge is 2.45. The lowest BCUT2D eigenvalue weighted by Gasteiger charge is -2.20. The van der Waals surface area contributed by atoms with Crippen LogP contribution in [-0.2, 0) is 0 Å². The summed E-state index contributed by atoms with van der Waals surface area (Å²) in [5.74, 6) is -0.254. The van der Waals surface area contributed by atoms with Gasteiger partial charge in [0.25, 0.3) is 5.91 Å². The van der Waals surface area contributed by atoms with Crippen molar-refractivity contribution in [1.29, 1.82) is 0 Å². The maximum Gasteiger partial charge on any atom is 0.254 e. The minimum absolute atomic E-state index is 0.0585. The summed E-state index contributed by atoms with van der Waals surface area (Å²) in [4.78, 5) is 16.1. The first kappa shape index (κ1) is 15.7. The minimum Gasteiger partial charge on any atom is -0.368 e. The molecular formula is C16H24FN3O. The lowest BCUT2D eigenvalue weighted by atomic mass is 9.92. The van der Waals surface area contributed by atoms with Crippen molar-refractivity contribution < 1.29 is 9.18 Å². The van der Waals surface area contributed by atoms with Crippen molar-refractivity contribution in [1.82, 2.24) is 10.3 Å². The van der Waals surface area contributed by atoms with Crippen LogP contribution in [0.1, 0.15) is 50.4 Å². The van der Waals surface area contributed by atoms with Gasteiger partial charge in [-0.15, -0.1) is 0 Å². The van der Waals surface area contributed by atoms with Crippen molar-refractivity contribution >= 4 is 11.7 Å². The molecule has 1 saturated carbocycles. The van der Waals surface area contributed by atoms with Gasteiger partial charge in [0.2, 0.25) is 0 Å². The van der Waals surface area contributed by atoms with Crippen LogP contribution in [0.3, 0.4) is 0 Å². The van der Waals surface area contributed by atoms with Crippen molar-refractivity contribution in [2.45, 2.75) is 40.0 Å². The molecule has 1 aliphatic rings. The Balaban J connectivity index is 2.02. The Kier molecular flexibility index (Phi) is 4.80. The van der Waals surface area contributed by atoms with Crippen LogP contribution in [0.5, 0.6) is 0 Å². The Morgan fingerprint density at radius 3 is 2.76 bits per heavy atom. The molecule has 0 spiro atoms. The van der Waals surface area contributed by atoms with Gasteiger partial charge in [-0.2, -0.15) is 0 Å². The Labute approximate surface area is 125 Å². The van der Waals surface area contributed by atoms with Gasteiger partial charge in [-0.05, 0) is 36.7 Å². The van der Waals surface area contributed by atoms with E-state index in [2.05, 4.69) is 29.5 Å². The van der Waals surface area contributed by atoms with Gasteiger partial charge < -0.3 is 10.6 Å². The summed E-state index contributed by atoms with van der Waals surface area (Å²) in [6.45, 7) is 7.56. The van der Waals surface area contributed by atoms with Gasteiger partial charge in [0.15, 0.2) is 11.6 Å². The molecule has 0 radical (unpaired) electrons. The fourth-order valence-electron chi connectivity index (χ4n) is 2.46. The van der Waals surface area contributed by atoms with Crippen LogP contribution in [0, 0.1) is 17.2 Å². The van der Waals surface area contributed by atoms with E-state index in [0.29, 0.717) is 19.0 Å². The number of hydrogen-bond acceptors (Lipinski definition) is 3. The summed E-state index contributed by atoms with van der Waals surface area (Å²) >= 11 is 0. The average Bonchev–Trinajstić information content (AvgIpc) is 3.25. The number of nitrogens with one attached hydrogen (secondary N) is 2. The number of carbonyl (C=O) groups excluding carboxylic acids is 1. The number of amides is 1. The molecule has 1 aliphatic carbocycles. The summed E-state index contributed by atoms with van der Waals surface area (Å²) in [5.41, 5.74) is 0.269. The van der Waals surface area contributed by atoms with E-state index in [1.165, 1.54) is 12.3 Å². The third-order valence-electron chi connectivity index (χ3n) is 4.39. The van der Waals surface area contributed by atoms with Crippen LogP contribution in [0.15, 0.2) is 12.3 Å². The molecule has 0 bridgehead atoms. The Morgan fingerprint density at radius 1 is 1.48 bits per heavy atom. The SMILES string of the molecule is CCCNc1nccc(C(=O)NCC2(C(C)C)CC2)c1F. The molecule has 2 rings (SSSR count). The molecule has 1 aromatic rings. The maximum atomic E-state index is 14.3. The van der Waals surface area contributed by atoms with Crippen molar-refractivity contribution in [3.05, 3.63) is 23.6 Å². The quantitative estimate of drug-likeness (QED) is 0.811. The maximum absolute atomic E-state index is 14.3. The van der Waals surface area contributed by atoms with E-state index < -0.39 is 5.82 Å². The molecule has 0 aliphatic heterocycles. The summed E-state index contributed by atoms with van der Waals surface area (Å²) < 4.78 is 14.3. The van der Waals surface area contributed by atoms with Crippen LogP contribution < -0.4 is 10.6 Å². The average molecular weight is 293 g/mol. The predicted molar refractivity (Wildman–Crippen MR) is 81.8 cm³/mol. The molecular weight excluding hydrogens is 269 g/mol. The van der Waals surface area contributed by atoms with E-state index >= 15 is 0 Å². The summed E-state index contributed by atoms with van der Waals surface area (Å²) in [6.07, 6.45) is 4.60. The van der Waals surface area contributed by atoms with Crippen molar-refractivity contribution in [3.63, 3.8) is 0 Å². The molecule has 1 heterocycles. The van der Waals surface area contributed by atoms with Crippen LogP contribution in [0.4, 0.5) is 10.2 Å². The number of carbonyl (C=O) groups is 1. The third-order valence-corrected chi connectivity index (χ3v) is 4.39. The second-order valence-corrected chi connectivity index (χ2v) is 6.15. The Hall–Kier alpha value is -1.65. The molecule has 0 atom stereocenters. The Morgan fingerprint density at radius 2 is 2.19 bits per heavy atom. The molecule has 1 amide bonds. The molecule has 0 saturated heterocycles. The predicted octanol–water partition coefficient (Wildman–Crippen LogP) is 3.21. The van der Waals surface area contributed by atoms with Crippen LogP contribution in [0.2, 0.25) is 0 Å². The molecule has 0 aromatic carbocycles. The first-order valence-corrected chi connectivity index (χ1v) is 7.67. The van der Waals surface area contributed by atoms with E-state index in [9.17, 15) is 9.18 Å². The molecule has 0 unspecified atom stereocenters. The lowest BCUT2D eigenvalue weighted by molar-refractivity contribution is 0.0935. The van der Waals surface area contributed by atoms with E-state index in [1.54, 1.807) is 0 Å². The zero-order chi connectivity index (χ0) is 15.5. The monoisotopic (exact) mass is 293 g/mol. The van der Waals surface area contributed by atoms with Gasteiger partial charge in [0.1, 0.15) is 0 Å². The summed E-state index contributed by atoms with van der Waals surface area (Å²) in [6, 6.07) is 1.43. The number of pyridine rings is 1. The highest BCUT2D eigenvalue weighted by molar-refractivity contribution is 5.95. The number of hydrogen-bond donors (Lipinski definition) is 2. The van der Waals surface area contributed by atoms with Crippen molar-refractivity contribution in [3.8, 4) is 0 Å². The lowest BCUT2D eigenvalue weighted by Crippen LogP contribution is -2.33.